The van der Waals surface area contributed by atoms with Gasteiger partial charge in [-0.15, -0.1) is 5.10 Å². The molecule has 2 heterocycles. The Morgan fingerprint density at radius 3 is 3.13 bits per heavy atom. The molecule has 0 radical (unpaired) electrons. The summed E-state index contributed by atoms with van der Waals surface area (Å²) in [7, 11) is 0. The molecule has 0 N–H and O–H groups in total. The summed E-state index contributed by atoms with van der Waals surface area (Å²) in [6.07, 6.45) is 3.76. The Hall–Kier alpha value is -0.590. The van der Waals surface area contributed by atoms with E-state index < -0.39 is 0 Å². The fraction of sp³-hybridized carbons (Fsp3) is 0.375. The van der Waals surface area contributed by atoms with E-state index in [1.54, 1.807) is 18.0 Å². The molecule has 4 nitrogen and oxygen atoms in total. The summed E-state index contributed by atoms with van der Waals surface area (Å²) >= 11 is 8.74. The number of aryl methyl sites for hydroxylation is 1. The quantitative estimate of drug-likeness (QED) is 0.793. The van der Waals surface area contributed by atoms with Crippen LogP contribution in [0.3, 0.4) is 0 Å². The van der Waals surface area contributed by atoms with Crippen molar-refractivity contribution in [2.24, 2.45) is 0 Å². The molecule has 0 aliphatic rings. The van der Waals surface area contributed by atoms with Crippen molar-refractivity contribution in [1.29, 1.82) is 0 Å². The normalized spacial score (nSPS) is 10.8. The number of imidazole rings is 1. The van der Waals surface area contributed by atoms with Crippen LogP contribution in [0.25, 0.3) is 0 Å². The molecule has 2 aromatic heterocycles. The first-order valence-corrected chi connectivity index (χ1v) is 6.55. The van der Waals surface area contributed by atoms with E-state index in [0.29, 0.717) is 10.1 Å². The number of nitrogens with zero attached hydrogens (tertiary/aromatic N) is 4. The minimum Gasteiger partial charge on any atom is -0.326 e. The molecule has 0 unspecified atom stereocenters. The summed E-state index contributed by atoms with van der Waals surface area (Å²) < 4.78 is 6.53. The molecule has 0 atom stereocenters. The molecule has 0 saturated carbocycles. The van der Waals surface area contributed by atoms with Crippen LogP contribution in [-0.4, -0.2) is 19.1 Å². The number of hydrogen-bond acceptors (Lipinski definition) is 5. The van der Waals surface area contributed by atoms with Gasteiger partial charge in [-0.3, -0.25) is 0 Å². The van der Waals surface area contributed by atoms with Gasteiger partial charge in [-0.25, -0.2) is 4.98 Å². The summed E-state index contributed by atoms with van der Waals surface area (Å²) in [6, 6.07) is 0. The van der Waals surface area contributed by atoms with E-state index in [0.717, 1.165) is 17.4 Å². The van der Waals surface area contributed by atoms with Gasteiger partial charge in [0.2, 0.25) is 0 Å². The van der Waals surface area contributed by atoms with Crippen molar-refractivity contribution in [3.63, 3.8) is 0 Å². The molecule has 80 valence electrons. The van der Waals surface area contributed by atoms with Crippen molar-refractivity contribution in [2.75, 3.05) is 0 Å². The van der Waals surface area contributed by atoms with Crippen molar-refractivity contribution in [2.45, 2.75) is 24.4 Å². The molecular weight excluding hydrogens is 252 g/mol. The zero-order valence-corrected chi connectivity index (χ0v) is 10.4. The van der Waals surface area contributed by atoms with Gasteiger partial charge in [0.1, 0.15) is 10.0 Å². The van der Waals surface area contributed by atoms with Crippen LogP contribution in [-0.2, 0) is 12.3 Å². The third kappa shape index (κ3) is 2.50. The van der Waals surface area contributed by atoms with Gasteiger partial charge in [-0.1, -0.05) is 27.9 Å². The highest BCUT2D eigenvalue weighted by Gasteiger charge is 2.08. The molecule has 0 bridgehead atoms. The molecule has 0 amide bonds. The SMILES string of the molecule is CCn1ccnc1SCc1nnsc1Cl. The molecule has 2 rings (SSSR count). The smallest absolute Gasteiger partial charge is 0.168 e. The number of halogens is 1. The number of hydrogen-bond donors (Lipinski definition) is 0. The third-order valence-electron chi connectivity index (χ3n) is 1.87. The average molecular weight is 261 g/mol. The fourth-order valence-electron chi connectivity index (χ4n) is 1.09. The first kappa shape index (κ1) is 10.9. The highest BCUT2D eigenvalue weighted by molar-refractivity contribution is 7.98. The van der Waals surface area contributed by atoms with Gasteiger partial charge >= 0.3 is 0 Å². The largest absolute Gasteiger partial charge is 0.326 e. The molecule has 0 saturated heterocycles. The van der Waals surface area contributed by atoms with Crippen molar-refractivity contribution in [3.05, 3.63) is 22.4 Å². The van der Waals surface area contributed by atoms with E-state index in [4.69, 9.17) is 11.6 Å². The van der Waals surface area contributed by atoms with Crippen molar-refractivity contribution in [3.8, 4) is 0 Å². The van der Waals surface area contributed by atoms with Crippen molar-refractivity contribution < 1.29 is 0 Å². The summed E-state index contributed by atoms with van der Waals surface area (Å²) in [5.41, 5.74) is 0.831. The highest BCUT2D eigenvalue weighted by Crippen LogP contribution is 2.25. The maximum Gasteiger partial charge on any atom is 0.168 e. The predicted molar refractivity (Wildman–Crippen MR) is 62.4 cm³/mol. The molecule has 0 aliphatic heterocycles. The maximum absolute atomic E-state index is 5.91. The molecule has 15 heavy (non-hydrogen) atoms. The monoisotopic (exact) mass is 260 g/mol. The molecular formula is C8H9ClN4S2. The van der Waals surface area contributed by atoms with E-state index >= 15 is 0 Å². The lowest BCUT2D eigenvalue weighted by molar-refractivity contribution is 0.681. The fourth-order valence-corrected chi connectivity index (χ4v) is 2.85. The Labute approximate surface area is 101 Å². The Morgan fingerprint density at radius 2 is 2.47 bits per heavy atom. The Kier molecular flexibility index (Phi) is 3.61. The minimum atomic E-state index is 0.664. The summed E-state index contributed by atoms with van der Waals surface area (Å²) in [4.78, 5) is 4.25. The van der Waals surface area contributed by atoms with Gasteiger partial charge in [-0.05, 0) is 6.92 Å². The number of thioether (sulfide) groups is 1. The van der Waals surface area contributed by atoms with Gasteiger partial charge in [0.25, 0.3) is 0 Å². The lowest BCUT2D eigenvalue weighted by atomic mass is 10.6. The van der Waals surface area contributed by atoms with Crippen LogP contribution in [0.1, 0.15) is 12.6 Å². The van der Waals surface area contributed by atoms with Crippen molar-refractivity contribution >= 4 is 34.9 Å². The molecule has 0 aromatic carbocycles. The van der Waals surface area contributed by atoms with E-state index in [9.17, 15) is 0 Å². The van der Waals surface area contributed by atoms with Crippen LogP contribution < -0.4 is 0 Å². The molecule has 2 aromatic rings. The van der Waals surface area contributed by atoms with Gasteiger partial charge in [0.05, 0.1) is 0 Å². The Balaban J connectivity index is 2.02. The Morgan fingerprint density at radius 1 is 1.60 bits per heavy atom. The van der Waals surface area contributed by atoms with Crippen LogP contribution in [0.15, 0.2) is 17.6 Å². The Bertz CT molecular complexity index is 439. The van der Waals surface area contributed by atoms with Gasteiger partial charge < -0.3 is 4.57 Å². The van der Waals surface area contributed by atoms with Gasteiger partial charge in [0, 0.05) is 36.2 Å². The number of rotatable bonds is 4. The average Bonchev–Trinajstić information content (AvgIpc) is 2.83. The summed E-state index contributed by atoms with van der Waals surface area (Å²) in [5.74, 6) is 0.715. The van der Waals surface area contributed by atoms with Crippen LogP contribution in [0.5, 0.6) is 0 Å². The minimum absolute atomic E-state index is 0.664. The molecule has 7 heteroatoms. The molecule has 0 spiro atoms. The van der Waals surface area contributed by atoms with Crippen LogP contribution >= 0.6 is 34.9 Å². The lowest BCUT2D eigenvalue weighted by Crippen LogP contribution is -1.95. The van der Waals surface area contributed by atoms with E-state index in [-0.39, 0.29) is 0 Å². The standard InChI is InChI=1S/C8H9ClN4S2/c1-2-13-4-3-10-8(13)14-5-6-7(9)15-12-11-6/h3-4H,2,5H2,1H3. The van der Waals surface area contributed by atoms with E-state index in [2.05, 4.69) is 26.1 Å². The topological polar surface area (TPSA) is 43.6 Å². The van der Waals surface area contributed by atoms with Gasteiger partial charge in [0.15, 0.2) is 5.16 Å². The second kappa shape index (κ2) is 4.96. The van der Waals surface area contributed by atoms with Gasteiger partial charge in [-0.2, -0.15) is 0 Å². The molecule has 0 fully saturated rings. The van der Waals surface area contributed by atoms with Crippen LogP contribution in [0.2, 0.25) is 4.34 Å². The van der Waals surface area contributed by atoms with Crippen LogP contribution in [0, 0.1) is 0 Å². The number of aromatic nitrogens is 4. The first-order valence-electron chi connectivity index (χ1n) is 4.42. The second-order valence-corrected chi connectivity index (χ2v) is 5.08. The lowest BCUT2D eigenvalue weighted by Gasteiger charge is -2.02. The zero-order valence-electron chi connectivity index (χ0n) is 8.05. The maximum atomic E-state index is 5.91. The first-order chi connectivity index (χ1) is 7.31. The zero-order chi connectivity index (χ0) is 10.7. The van der Waals surface area contributed by atoms with E-state index in [1.165, 1.54) is 11.5 Å². The van der Waals surface area contributed by atoms with E-state index in [1.807, 2.05) is 6.20 Å². The molecule has 0 aliphatic carbocycles. The van der Waals surface area contributed by atoms with Crippen molar-refractivity contribution in [1.82, 2.24) is 19.1 Å². The predicted octanol–water partition coefficient (Wildman–Crippen LogP) is 2.70. The highest BCUT2D eigenvalue weighted by atomic mass is 35.5. The van der Waals surface area contributed by atoms with Crippen LogP contribution in [0.4, 0.5) is 0 Å². The second-order valence-electron chi connectivity index (χ2n) is 2.78. The summed E-state index contributed by atoms with van der Waals surface area (Å²) in [5, 5.41) is 4.94. The third-order valence-corrected chi connectivity index (χ3v) is 3.87. The summed E-state index contributed by atoms with van der Waals surface area (Å²) in [6.45, 7) is 3.01.